The second kappa shape index (κ2) is 11.1. The van der Waals surface area contributed by atoms with Crippen LogP contribution in [0.5, 0.6) is 0 Å². The number of hydrogen-bond acceptors (Lipinski definition) is 7. The number of nitrogens with one attached hydrogen (secondary N) is 1. The van der Waals surface area contributed by atoms with Crippen molar-refractivity contribution < 1.29 is 28.6 Å². The molecule has 2 saturated heterocycles. The molecule has 0 radical (unpaired) electrons. The van der Waals surface area contributed by atoms with Gasteiger partial charge in [0, 0.05) is 43.0 Å². The van der Waals surface area contributed by atoms with Crippen LogP contribution in [0.3, 0.4) is 0 Å². The molecule has 3 aromatic rings. The molecule has 206 valence electrons. The van der Waals surface area contributed by atoms with Gasteiger partial charge in [-0.3, -0.25) is 4.79 Å². The Bertz CT molecular complexity index is 1350. The van der Waals surface area contributed by atoms with Crippen LogP contribution in [0.25, 0.3) is 0 Å². The normalized spacial score (nSPS) is 21.3. The molecule has 1 aromatic carbocycles. The van der Waals surface area contributed by atoms with Crippen LogP contribution in [-0.2, 0) is 16.1 Å². The Morgan fingerprint density at radius 3 is 2.54 bits per heavy atom. The van der Waals surface area contributed by atoms with Crippen molar-refractivity contribution in [3.63, 3.8) is 0 Å². The first kappa shape index (κ1) is 26.8. The summed E-state index contributed by atoms with van der Waals surface area (Å²) in [4.78, 5) is 42.5. The number of anilines is 1. The van der Waals surface area contributed by atoms with Gasteiger partial charge in [-0.25, -0.2) is 14.0 Å². The Balaban J connectivity index is 1.51. The zero-order valence-electron chi connectivity index (χ0n) is 21.7. The van der Waals surface area contributed by atoms with E-state index in [-0.39, 0.29) is 30.2 Å². The van der Waals surface area contributed by atoms with E-state index in [9.17, 15) is 23.9 Å². The van der Waals surface area contributed by atoms with Crippen molar-refractivity contribution in [3.05, 3.63) is 69.3 Å². The zero-order chi connectivity index (χ0) is 27.7. The van der Waals surface area contributed by atoms with Crippen LogP contribution >= 0.6 is 11.3 Å². The number of benzene rings is 1. The summed E-state index contributed by atoms with van der Waals surface area (Å²) in [6, 6.07) is 6.25. The van der Waals surface area contributed by atoms with Crippen molar-refractivity contribution in [1.82, 2.24) is 19.6 Å². The number of morpholine rings is 1. The van der Waals surface area contributed by atoms with E-state index in [1.54, 1.807) is 40.8 Å². The molecule has 2 aliphatic rings. The third kappa shape index (κ3) is 5.26. The van der Waals surface area contributed by atoms with E-state index in [1.165, 1.54) is 33.1 Å². The number of aromatic nitrogens is 2. The second-order valence-electron chi connectivity index (χ2n) is 9.89. The highest BCUT2D eigenvalue weighted by Crippen LogP contribution is 2.41. The van der Waals surface area contributed by atoms with Crippen LogP contribution in [0.15, 0.2) is 41.1 Å². The molecule has 2 amide bonds. The number of carbonyl (C=O) groups excluding carboxylic acids is 2. The summed E-state index contributed by atoms with van der Waals surface area (Å²) in [6.07, 6.45) is 0. The Morgan fingerprint density at radius 1 is 1.18 bits per heavy atom. The van der Waals surface area contributed by atoms with E-state index in [0.29, 0.717) is 55.5 Å². The third-order valence-electron chi connectivity index (χ3n) is 7.36. The van der Waals surface area contributed by atoms with Gasteiger partial charge in [0.25, 0.3) is 5.91 Å². The van der Waals surface area contributed by atoms with E-state index in [1.807, 2.05) is 6.92 Å². The molecule has 3 atom stereocenters. The van der Waals surface area contributed by atoms with E-state index in [4.69, 9.17) is 4.74 Å². The number of thiophene rings is 1. The first-order valence-corrected chi connectivity index (χ1v) is 13.7. The Hall–Kier alpha value is -3.77. The summed E-state index contributed by atoms with van der Waals surface area (Å²) >= 11 is 1.38. The average molecular weight is 556 g/mol. The quantitative estimate of drug-likeness (QED) is 0.477. The largest absolute Gasteiger partial charge is 0.480 e. The van der Waals surface area contributed by atoms with Crippen molar-refractivity contribution in [1.29, 1.82) is 0 Å². The molecule has 39 heavy (non-hydrogen) atoms. The Labute approximate surface area is 229 Å². The second-order valence-corrected chi connectivity index (χ2v) is 10.7. The molecule has 0 bridgehead atoms. The summed E-state index contributed by atoms with van der Waals surface area (Å²) in [5, 5.41) is 21.8. The maximum atomic E-state index is 13.5. The number of carboxylic acid groups (broad SMARTS) is 1. The van der Waals surface area contributed by atoms with Gasteiger partial charge in [-0.1, -0.05) is 19.1 Å². The van der Waals surface area contributed by atoms with Crippen LogP contribution < -0.4 is 5.32 Å². The first-order chi connectivity index (χ1) is 18.8. The van der Waals surface area contributed by atoms with Crippen molar-refractivity contribution in [2.75, 3.05) is 38.2 Å². The number of likely N-dealkylation sites (tertiary alicyclic amines) is 1. The summed E-state index contributed by atoms with van der Waals surface area (Å²) in [5.41, 5.74) is 2.34. The third-order valence-corrected chi connectivity index (χ3v) is 8.05. The predicted molar refractivity (Wildman–Crippen MR) is 143 cm³/mol. The molecule has 10 nitrogen and oxygen atoms in total. The molecule has 2 aliphatic heterocycles. The highest BCUT2D eigenvalue weighted by atomic mass is 32.1. The number of nitrogens with zero attached hydrogens (tertiary/aromatic N) is 4. The van der Waals surface area contributed by atoms with Crippen LogP contribution in [0.1, 0.15) is 40.0 Å². The minimum atomic E-state index is -1.14. The number of carbonyl (C=O) groups is 3. The standard InChI is InChI=1S/C27H30FN5O5S/c1-16-14-32(27(37)31-8-10-38-11-9-31)23(26(35)36)21(16)22-17(2)24(29-13-18-3-5-20(28)6-4-18)33(30-22)25(34)19-7-12-39-15-19/h3-7,12,15-16,21,23,29H,8-11,13-14H2,1-2H3,(H,35,36). The van der Waals surface area contributed by atoms with E-state index >= 15 is 0 Å². The van der Waals surface area contributed by atoms with Crippen molar-refractivity contribution >= 4 is 35.1 Å². The number of rotatable bonds is 6. The molecular weight excluding hydrogens is 525 g/mol. The minimum Gasteiger partial charge on any atom is -0.480 e. The lowest BCUT2D eigenvalue weighted by molar-refractivity contribution is -0.142. The lowest BCUT2D eigenvalue weighted by Crippen LogP contribution is -2.52. The molecular formula is C27H30FN5O5S. The molecule has 0 aliphatic carbocycles. The fourth-order valence-corrected chi connectivity index (χ4v) is 5.99. The van der Waals surface area contributed by atoms with Gasteiger partial charge in [0.05, 0.1) is 24.5 Å². The van der Waals surface area contributed by atoms with Crippen molar-refractivity contribution in [2.45, 2.75) is 32.4 Å². The molecule has 0 spiro atoms. The van der Waals surface area contributed by atoms with Gasteiger partial charge < -0.3 is 25.0 Å². The maximum Gasteiger partial charge on any atom is 0.327 e. The average Bonchev–Trinajstić information content (AvgIpc) is 3.66. The molecule has 2 N–H and O–H groups in total. The molecule has 5 rings (SSSR count). The lowest BCUT2D eigenvalue weighted by Gasteiger charge is -2.33. The molecule has 0 saturated carbocycles. The van der Waals surface area contributed by atoms with Gasteiger partial charge in [0.15, 0.2) is 0 Å². The van der Waals surface area contributed by atoms with Crippen LogP contribution in [0, 0.1) is 18.7 Å². The number of carboxylic acids is 1. The van der Waals surface area contributed by atoms with Crippen molar-refractivity contribution in [3.8, 4) is 0 Å². The lowest BCUT2D eigenvalue weighted by atomic mass is 9.87. The van der Waals surface area contributed by atoms with Gasteiger partial charge in [-0.15, -0.1) is 0 Å². The molecule has 3 unspecified atom stereocenters. The molecule has 12 heteroatoms. The molecule has 2 aromatic heterocycles. The number of hydrogen-bond donors (Lipinski definition) is 2. The van der Waals surface area contributed by atoms with E-state index in [0.717, 1.165) is 5.56 Å². The smallest absolute Gasteiger partial charge is 0.327 e. The summed E-state index contributed by atoms with van der Waals surface area (Å²) in [6.45, 7) is 5.88. The summed E-state index contributed by atoms with van der Waals surface area (Å²) in [5.74, 6) is -2.24. The first-order valence-electron chi connectivity index (χ1n) is 12.8. The number of amides is 2. The van der Waals surface area contributed by atoms with Gasteiger partial charge in [-0.2, -0.15) is 21.1 Å². The highest BCUT2D eigenvalue weighted by Gasteiger charge is 2.50. The van der Waals surface area contributed by atoms with E-state index < -0.39 is 17.9 Å². The fraction of sp³-hybridized carbons (Fsp3) is 0.407. The van der Waals surface area contributed by atoms with Crippen LogP contribution in [-0.4, -0.2) is 81.5 Å². The summed E-state index contributed by atoms with van der Waals surface area (Å²) < 4.78 is 20.0. The topological polar surface area (TPSA) is 117 Å². The van der Waals surface area contributed by atoms with Gasteiger partial charge in [0.2, 0.25) is 0 Å². The predicted octanol–water partition coefficient (Wildman–Crippen LogP) is 3.63. The highest BCUT2D eigenvalue weighted by molar-refractivity contribution is 7.08. The van der Waals surface area contributed by atoms with Gasteiger partial charge >= 0.3 is 12.0 Å². The monoisotopic (exact) mass is 555 g/mol. The fourth-order valence-electron chi connectivity index (χ4n) is 5.36. The minimum absolute atomic E-state index is 0.223. The van der Waals surface area contributed by atoms with E-state index in [2.05, 4.69) is 10.4 Å². The van der Waals surface area contributed by atoms with Crippen LogP contribution in [0.4, 0.5) is 15.0 Å². The maximum absolute atomic E-state index is 13.5. The summed E-state index contributed by atoms with van der Waals surface area (Å²) in [7, 11) is 0. The SMILES string of the molecule is Cc1c(C2C(C)CN(C(=O)N3CCOCC3)C2C(=O)O)nn(C(=O)c2ccsc2)c1NCc1ccc(F)cc1. The van der Waals surface area contributed by atoms with Gasteiger partial charge in [-0.05, 0) is 42.0 Å². The molecule has 2 fully saturated rings. The number of aliphatic carboxylic acids is 1. The van der Waals surface area contributed by atoms with Crippen LogP contribution in [0.2, 0.25) is 0 Å². The molecule has 4 heterocycles. The zero-order valence-corrected chi connectivity index (χ0v) is 22.5. The van der Waals surface area contributed by atoms with Gasteiger partial charge in [0.1, 0.15) is 17.7 Å². The Morgan fingerprint density at radius 2 is 1.90 bits per heavy atom. The Kier molecular flexibility index (Phi) is 7.67. The van der Waals surface area contributed by atoms with Crippen molar-refractivity contribution in [2.24, 2.45) is 5.92 Å². The number of urea groups is 1. The number of ether oxygens (including phenoxy) is 1. The number of halogens is 1.